The van der Waals surface area contributed by atoms with Crippen LogP contribution in [0.1, 0.15) is 22.3 Å². The van der Waals surface area contributed by atoms with Gasteiger partial charge in [0.2, 0.25) is 0 Å². The first-order chi connectivity index (χ1) is 12.4. The van der Waals surface area contributed by atoms with Gasteiger partial charge in [0.15, 0.2) is 9.84 Å². The fourth-order valence-corrected chi connectivity index (χ4v) is 4.76. The summed E-state index contributed by atoms with van der Waals surface area (Å²) in [5, 5.41) is 6.66. The molecule has 0 spiro atoms. The van der Waals surface area contributed by atoms with Crippen molar-refractivity contribution in [2.75, 3.05) is 23.4 Å². The second kappa shape index (κ2) is 8.05. The maximum Gasteiger partial charge on any atom is 0.251 e. The van der Waals surface area contributed by atoms with E-state index in [0.29, 0.717) is 29.4 Å². The summed E-state index contributed by atoms with van der Waals surface area (Å²) in [4.78, 5) is 16.5. The van der Waals surface area contributed by atoms with Gasteiger partial charge in [-0.25, -0.2) is 13.4 Å². The molecule has 1 amide bonds. The van der Waals surface area contributed by atoms with E-state index in [-0.39, 0.29) is 23.5 Å². The summed E-state index contributed by atoms with van der Waals surface area (Å²) in [6, 6.07) is 10.6. The lowest BCUT2D eigenvalue weighted by Crippen LogP contribution is -2.35. The number of hydrogen-bond acceptors (Lipinski definition) is 5. The number of rotatable bonds is 6. The predicted molar refractivity (Wildman–Crippen MR) is 102 cm³/mol. The van der Waals surface area contributed by atoms with Gasteiger partial charge in [-0.2, -0.15) is 0 Å². The summed E-state index contributed by atoms with van der Waals surface area (Å²) < 4.78 is 23.0. The number of carbonyl (C=O) groups is 1. The fourth-order valence-electron chi connectivity index (χ4n) is 2.87. The summed E-state index contributed by atoms with van der Waals surface area (Å²) in [6.45, 7) is 0.652. The Kier molecular flexibility index (Phi) is 5.78. The smallest absolute Gasteiger partial charge is 0.251 e. The van der Waals surface area contributed by atoms with Crippen LogP contribution >= 0.6 is 11.6 Å². The first kappa shape index (κ1) is 18.7. The van der Waals surface area contributed by atoms with Crippen molar-refractivity contribution < 1.29 is 13.2 Å². The van der Waals surface area contributed by atoms with Crippen molar-refractivity contribution in [3.05, 3.63) is 58.7 Å². The molecule has 1 fully saturated rings. The van der Waals surface area contributed by atoms with E-state index in [1.165, 1.54) is 0 Å². The Bertz CT molecular complexity index is 902. The topological polar surface area (TPSA) is 88.2 Å². The van der Waals surface area contributed by atoms with Crippen LogP contribution in [0.3, 0.4) is 0 Å². The maximum atomic E-state index is 12.3. The molecule has 2 heterocycles. The van der Waals surface area contributed by atoms with Gasteiger partial charge in [0.05, 0.1) is 11.5 Å². The molecule has 1 aliphatic heterocycles. The first-order valence-electron chi connectivity index (χ1n) is 8.37. The Balaban J connectivity index is 1.55. The van der Waals surface area contributed by atoms with Crippen molar-refractivity contribution >= 4 is 33.2 Å². The van der Waals surface area contributed by atoms with Crippen LogP contribution in [0.25, 0.3) is 0 Å². The van der Waals surface area contributed by atoms with Gasteiger partial charge in [0, 0.05) is 29.4 Å². The van der Waals surface area contributed by atoms with Crippen LogP contribution in [0.15, 0.2) is 42.6 Å². The van der Waals surface area contributed by atoms with Crippen molar-refractivity contribution in [3.8, 4) is 0 Å². The third-order valence-corrected chi connectivity index (χ3v) is 6.20. The molecule has 3 rings (SSSR count). The Morgan fingerprint density at radius 1 is 1.27 bits per heavy atom. The van der Waals surface area contributed by atoms with E-state index in [1.807, 2.05) is 24.3 Å². The summed E-state index contributed by atoms with van der Waals surface area (Å²) in [7, 11) is -3.02. The molecule has 0 aliphatic carbocycles. The van der Waals surface area contributed by atoms with Crippen molar-refractivity contribution in [1.82, 2.24) is 10.3 Å². The van der Waals surface area contributed by atoms with Crippen molar-refractivity contribution in [1.29, 1.82) is 0 Å². The number of nitrogens with zero attached hydrogens (tertiary/aromatic N) is 1. The van der Waals surface area contributed by atoms with Crippen molar-refractivity contribution in [2.24, 2.45) is 0 Å². The number of aromatic nitrogens is 1. The molecule has 8 heteroatoms. The Morgan fingerprint density at radius 3 is 2.85 bits per heavy atom. The van der Waals surface area contributed by atoms with Gasteiger partial charge in [0.25, 0.3) is 5.91 Å². The number of benzene rings is 1. The highest BCUT2D eigenvalue weighted by Crippen LogP contribution is 2.14. The molecule has 2 aromatic rings. The van der Waals surface area contributed by atoms with Crippen LogP contribution in [-0.4, -0.2) is 43.4 Å². The molecule has 0 saturated carbocycles. The van der Waals surface area contributed by atoms with Gasteiger partial charge < -0.3 is 10.6 Å². The lowest BCUT2D eigenvalue weighted by atomic mass is 10.1. The number of nitrogens with one attached hydrogen (secondary N) is 2. The molecular weight excluding hydrogens is 374 g/mol. The van der Waals surface area contributed by atoms with E-state index in [4.69, 9.17) is 11.6 Å². The van der Waals surface area contributed by atoms with Gasteiger partial charge >= 0.3 is 0 Å². The Labute approximate surface area is 157 Å². The van der Waals surface area contributed by atoms with Crippen LogP contribution in [0.2, 0.25) is 5.02 Å². The zero-order valence-corrected chi connectivity index (χ0v) is 15.7. The van der Waals surface area contributed by atoms with Gasteiger partial charge in [-0.05, 0) is 42.7 Å². The lowest BCUT2D eigenvalue weighted by Gasteiger charge is -2.12. The van der Waals surface area contributed by atoms with Crippen LogP contribution in [0.5, 0.6) is 0 Å². The Hall–Kier alpha value is -2.12. The van der Waals surface area contributed by atoms with Crippen LogP contribution in [-0.2, 0) is 16.3 Å². The van der Waals surface area contributed by atoms with Crippen LogP contribution in [0.4, 0.5) is 5.82 Å². The fraction of sp³-hybridized carbons (Fsp3) is 0.333. The molecule has 1 aromatic carbocycles. The Morgan fingerprint density at radius 2 is 2.12 bits per heavy atom. The van der Waals surface area contributed by atoms with Crippen LogP contribution in [0, 0.1) is 0 Å². The first-order valence-corrected chi connectivity index (χ1v) is 10.6. The highest BCUT2D eigenvalue weighted by atomic mass is 35.5. The summed E-state index contributed by atoms with van der Waals surface area (Å²) in [5.41, 5.74) is 1.57. The quantitative estimate of drug-likeness (QED) is 0.786. The van der Waals surface area contributed by atoms with E-state index in [1.54, 1.807) is 18.3 Å². The lowest BCUT2D eigenvalue weighted by molar-refractivity contribution is 0.0941. The van der Waals surface area contributed by atoms with E-state index in [0.717, 1.165) is 12.0 Å². The number of anilines is 1. The SMILES string of the molecule is O=C(NC1CCS(=O)(=O)C1)c1ccnc(NCCc2cccc(Cl)c2)c1. The molecule has 26 heavy (non-hydrogen) atoms. The van der Waals surface area contributed by atoms with Crippen molar-refractivity contribution in [2.45, 2.75) is 18.9 Å². The molecule has 1 aliphatic rings. The highest BCUT2D eigenvalue weighted by molar-refractivity contribution is 7.91. The molecule has 138 valence electrons. The van der Waals surface area contributed by atoms with E-state index in [2.05, 4.69) is 15.6 Å². The van der Waals surface area contributed by atoms with Gasteiger partial charge in [-0.15, -0.1) is 0 Å². The molecular formula is C18H20ClN3O3S. The minimum Gasteiger partial charge on any atom is -0.370 e. The molecule has 6 nitrogen and oxygen atoms in total. The summed E-state index contributed by atoms with van der Waals surface area (Å²) in [6.07, 6.45) is 2.80. The molecule has 1 atom stereocenters. The van der Waals surface area contributed by atoms with E-state index >= 15 is 0 Å². The molecule has 1 unspecified atom stereocenters. The number of hydrogen-bond donors (Lipinski definition) is 2. The molecule has 1 aromatic heterocycles. The van der Waals surface area contributed by atoms with Gasteiger partial charge in [0.1, 0.15) is 5.82 Å². The maximum absolute atomic E-state index is 12.3. The van der Waals surface area contributed by atoms with Crippen molar-refractivity contribution in [3.63, 3.8) is 0 Å². The third kappa shape index (κ3) is 5.19. The average Bonchev–Trinajstić information content (AvgIpc) is 2.94. The zero-order valence-electron chi connectivity index (χ0n) is 14.1. The summed E-state index contributed by atoms with van der Waals surface area (Å²) >= 11 is 5.97. The largest absolute Gasteiger partial charge is 0.370 e. The molecule has 0 bridgehead atoms. The second-order valence-electron chi connectivity index (χ2n) is 6.31. The molecule has 2 N–H and O–H groups in total. The van der Waals surface area contributed by atoms with E-state index < -0.39 is 9.84 Å². The normalized spacial score (nSPS) is 18.4. The molecule has 1 saturated heterocycles. The summed E-state index contributed by atoms with van der Waals surface area (Å²) in [5.74, 6) is 0.449. The number of amides is 1. The van der Waals surface area contributed by atoms with Gasteiger partial charge in [-0.1, -0.05) is 23.7 Å². The number of pyridine rings is 1. The highest BCUT2D eigenvalue weighted by Gasteiger charge is 2.29. The third-order valence-electron chi connectivity index (χ3n) is 4.20. The number of carbonyl (C=O) groups excluding carboxylic acids is 1. The number of sulfone groups is 1. The second-order valence-corrected chi connectivity index (χ2v) is 8.98. The van der Waals surface area contributed by atoms with E-state index in [9.17, 15) is 13.2 Å². The monoisotopic (exact) mass is 393 g/mol. The van der Waals surface area contributed by atoms with Crippen LogP contribution < -0.4 is 10.6 Å². The zero-order chi connectivity index (χ0) is 18.6. The van der Waals surface area contributed by atoms with Gasteiger partial charge in [-0.3, -0.25) is 4.79 Å². The minimum atomic E-state index is -3.02. The minimum absolute atomic E-state index is 0.00850. The standard InChI is InChI=1S/C18H20ClN3O3S/c19-15-3-1-2-13(10-15)4-7-20-17-11-14(5-8-21-17)18(23)22-16-6-9-26(24,25)12-16/h1-3,5,8,10-11,16H,4,6-7,9,12H2,(H,20,21)(H,22,23). The predicted octanol–water partition coefficient (Wildman–Crippen LogP) is 2.31. The molecule has 0 radical (unpaired) electrons. The number of halogens is 1. The average molecular weight is 394 g/mol.